The van der Waals surface area contributed by atoms with Crippen molar-refractivity contribution in [1.82, 2.24) is 0 Å². The second-order valence-electron chi connectivity index (χ2n) is 6.03. The minimum Gasteiger partial charge on any atom is -0.458 e. The molecule has 5 nitrogen and oxygen atoms in total. The summed E-state index contributed by atoms with van der Waals surface area (Å²) in [5, 5.41) is 10.6. The van der Waals surface area contributed by atoms with E-state index < -0.39 is 4.92 Å². The first kappa shape index (κ1) is 14.0. The number of hydrogen-bond donors (Lipinski definition) is 0. The molecular formula is C16H19NO4. The summed E-state index contributed by atoms with van der Waals surface area (Å²) in [4.78, 5) is 22.3. The highest BCUT2D eigenvalue weighted by Gasteiger charge is 2.38. The zero-order valence-electron chi connectivity index (χ0n) is 11.9. The van der Waals surface area contributed by atoms with Crippen LogP contribution < -0.4 is 0 Å². The number of nitro benzene ring substituents is 1. The Balaban J connectivity index is 1.66. The lowest BCUT2D eigenvalue weighted by atomic mass is 9.79. The highest BCUT2D eigenvalue weighted by molar-refractivity contribution is 5.89. The summed E-state index contributed by atoms with van der Waals surface area (Å²) in [6.07, 6.45) is 7.00. The van der Waals surface area contributed by atoms with Gasteiger partial charge in [0.15, 0.2) is 0 Å². The summed E-state index contributed by atoms with van der Waals surface area (Å²) in [7, 11) is 0. The Morgan fingerprint density at radius 1 is 1.10 bits per heavy atom. The quantitative estimate of drug-likeness (QED) is 0.483. The van der Waals surface area contributed by atoms with E-state index in [1.54, 1.807) is 0 Å². The average molecular weight is 289 g/mol. The van der Waals surface area contributed by atoms with Gasteiger partial charge in [-0.05, 0) is 49.7 Å². The van der Waals surface area contributed by atoms with Gasteiger partial charge in [-0.3, -0.25) is 10.1 Å². The number of esters is 1. The van der Waals surface area contributed by atoms with Gasteiger partial charge in [-0.15, -0.1) is 0 Å². The molecule has 2 aliphatic carbocycles. The van der Waals surface area contributed by atoms with E-state index in [0.29, 0.717) is 17.4 Å². The number of ether oxygens (including phenoxy) is 1. The van der Waals surface area contributed by atoms with E-state index in [1.165, 1.54) is 43.5 Å². The van der Waals surface area contributed by atoms with Crippen molar-refractivity contribution in [3.8, 4) is 0 Å². The van der Waals surface area contributed by atoms with Gasteiger partial charge in [0.1, 0.15) is 6.10 Å². The summed E-state index contributed by atoms with van der Waals surface area (Å²) in [6, 6.07) is 5.62. The van der Waals surface area contributed by atoms with Crippen LogP contribution in [0.25, 0.3) is 0 Å². The Morgan fingerprint density at radius 2 is 1.76 bits per heavy atom. The van der Waals surface area contributed by atoms with Crippen LogP contribution in [0.15, 0.2) is 24.3 Å². The number of non-ortho nitro benzene ring substituents is 1. The van der Waals surface area contributed by atoms with Gasteiger partial charge in [0.05, 0.1) is 10.5 Å². The normalized spacial score (nSPS) is 27.9. The van der Waals surface area contributed by atoms with Crippen LogP contribution in [0.4, 0.5) is 5.69 Å². The van der Waals surface area contributed by atoms with Crippen LogP contribution in [0, 0.1) is 22.0 Å². The summed E-state index contributed by atoms with van der Waals surface area (Å²) >= 11 is 0. The zero-order chi connectivity index (χ0) is 14.8. The molecule has 3 rings (SSSR count). The van der Waals surface area contributed by atoms with Crippen LogP contribution in [-0.4, -0.2) is 17.0 Å². The molecule has 112 valence electrons. The number of nitrogens with zero attached hydrogens (tertiary/aromatic N) is 1. The number of carbonyl (C=O) groups excluding carboxylic acids is 1. The van der Waals surface area contributed by atoms with Gasteiger partial charge in [-0.25, -0.2) is 4.79 Å². The molecule has 0 N–H and O–H groups in total. The Bertz CT molecular complexity index is 540. The maximum atomic E-state index is 12.2. The molecule has 0 spiro atoms. The van der Waals surface area contributed by atoms with Crippen LogP contribution in [-0.2, 0) is 4.74 Å². The van der Waals surface area contributed by atoms with Crippen molar-refractivity contribution in [2.75, 3.05) is 0 Å². The van der Waals surface area contributed by atoms with E-state index in [1.807, 2.05) is 0 Å². The molecule has 3 atom stereocenters. The first-order valence-electron chi connectivity index (χ1n) is 7.60. The predicted molar refractivity (Wildman–Crippen MR) is 77.0 cm³/mol. The van der Waals surface area contributed by atoms with Crippen molar-refractivity contribution in [1.29, 1.82) is 0 Å². The number of hydrogen-bond acceptors (Lipinski definition) is 4. The van der Waals surface area contributed by atoms with Crippen molar-refractivity contribution in [3.63, 3.8) is 0 Å². The first-order chi connectivity index (χ1) is 10.1. The molecule has 5 heteroatoms. The molecule has 2 aliphatic rings. The second kappa shape index (κ2) is 5.84. The van der Waals surface area contributed by atoms with E-state index in [4.69, 9.17) is 4.74 Å². The van der Waals surface area contributed by atoms with Crippen molar-refractivity contribution < 1.29 is 14.5 Å². The number of rotatable bonds is 3. The van der Waals surface area contributed by atoms with Gasteiger partial charge >= 0.3 is 5.97 Å². The van der Waals surface area contributed by atoms with Gasteiger partial charge in [-0.1, -0.05) is 12.8 Å². The molecule has 0 radical (unpaired) electrons. The molecule has 0 bridgehead atoms. The van der Waals surface area contributed by atoms with Crippen LogP contribution in [0.5, 0.6) is 0 Å². The van der Waals surface area contributed by atoms with E-state index in [-0.39, 0.29) is 17.8 Å². The molecule has 1 aromatic carbocycles. The monoisotopic (exact) mass is 289 g/mol. The second-order valence-corrected chi connectivity index (χ2v) is 6.03. The third-order valence-electron chi connectivity index (χ3n) is 4.83. The smallest absolute Gasteiger partial charge is 0.338 e. The number of fused-ring (bicyclic) bond motifs is 1. The number of nitro groups is 1. The van der Waals surface area contributed by atoms with Crippen LogP contribution >= 0.6 is 0 Å². The summed E-state index contributed by atoms with van der Waals surface area (Å²) in [6.45, 7) is 0. The highest BCUT2D eigenvalue weighted by atomic mass is 16.6. The van der Waals surface area contributed by atoms with E-state index in [2.05, 4.69) is 0 Å². The number of benzene rings is 1. The summed E-state index contributed by atoms with van der Waals surface area (Å²) < 4.78 is 5.68. The Labute approximate surface area is 123 Å². The van der Waals surface area contributed by atoms with Gasteiger partial charge in [0.25, 0.3) is 5.69 Å². The Morgan fingerprint density at radius 3 is 2.43 bits per heavy atom. The largest absolute Gasteiger partial charge is 0.458 e. The highest BCUT2D eigenvalue weighted by Crippen LogP contribution is 2.43. The Kier molecular flexibility index (Phi) is 3.90. The van der Waals surface area contributed by atoms with Crippen molar-refractivity contribution in [3.05, 3.63) is 39.9 Å². The molecule has 1 aromatic rings. The van der Waals surface area contributed by atoms with Crippen LogP contribution in [0.1, 0.15) is 48.9 Å². The molecule has 0 unspecified atom stereocenters. The topological polar surface area (TPSA) is 69.4 Å². The van der Waals surface area contributed by atoms with Crippen LogP contribution in [0.3, 0.4) is 0 Å². The molecule has 0 heterocycles. The fourth-order valence-corrected chi connectivity index (χ4v) is 3.78. The number of carbonyl (C=O) groups is 1. The summed E-state index contributed by atoms with van der Waals surface area (Å²) in [5.74, 6) is 0.872. The lowest BCUT2D eigenvalue weighted by Crippen LogP contribution is -2.33. The molecule has 2 saturated carbocycles. The van der Waals surface area contributed by atoms with E-state index in [0.717, 1.165) is 19.3 Å². The lowest BCUT2D eigenvalue weighted by Gasteiger charge is -2.33. The standard InChI is InChI=1S/C16H19NO4/c18-16(12-7-9-13(10-8-12)17(19)20)21-15-6-2-4-11-3-1-5-14(11)15/h7-11,14-15H,1-6H2/t11-,14-,15-/m0/s1. The third kappa shape index (κ3) is 2.91. The SMILES string of the molecule is O=C(O[C@H]1CCC[C@@H]2CCC[C@@H]21)c1ccc([N+](=O)[O-])cc1. The zero-order valence-corrected chi connectivity index (χ0v) is 11.9. The molecule has 0 saturated heterocycles. The van der Waals surface area contributed by atoms with Gasteiger partial charge in [0, 0.05) is 12.1 Å². The fourth-order valence-electron chi connectivity index (χ4n) is 3.78. The molecule has 0 amide bonds. The predicted octanol–water partition coefficient (Wildman–Crippen LogP) is 3.72. The van der Waals surface area contributed by atoms with Gasteiger partial charge < -0.3 is 4.74 Å². The van der Waals surface area contributed by atoms with E-state index >= 15 is 0 Å². The third-order valence-corrected chi connectivity index (χ3v) is 4.83. The average Bonchev–Trinajstić information content (AvgIpc) is 2.97. The van der Waals surface area contributed by atoms with Gasteiger partial charge in [-0.2, -0.15) is 0 Å². The molecule has 21 heavy (non-hydrogen) atoms. The maximum absolute atomic E-state index is 12.2. The molecule has 2 fully saturated rings. The van der Waals surface area contributed by atoms with Gasteiger partial charge in [0.2, 0.25) is 0 Å². The van der Waals surface area contributed by atoms with Crippen molar-refractivity contribution in [2.24, 2.45) is 11.8 Å². The van der Waals surface area contributed by atoms with Crippen molar-refractivity contribution >= 4 is 11.7 Å². The molecule has 0 aromatic heterocycles. The fraction of sp³-hybridized carbons (Fsp3) is 0.562. The van der Waals surface area contributed by atoms with Crippen LogP contribution in [0.2, 0.25) is 0 Å². The Hall–Kier alpha value is -1.91. The maximum Gasteiger partial charge on any atom is 0.338 e. The summed E-state index contributed by atoms with van der Waals surface area (Å²) in [5.41, 5.74) is 0.376. The minimum absolute atomic E-state index is 0.0138. The lowest BCUT2D eigenvalue weighted by molar-refractivity contribution is -0.384. The molecule has 0 aliphatic heterocycles. The first-order valence-corrected chi connectivity index (χ1v) is 7.60. The minimum atomic E-state index is -0.473. The van der Waals surface area contributed by atoms with E-state index in [9.17, 15) is 14.9 Å². The van der Waals surface area contributed by atoms with Crippen molar-refractivity contribution in [2.45, 2.75) is 44.6 Å². The molecular weight excluding hydrogens is 270 g/mol.